The first-order valence-corrected chi connectivity index (χ1v) is 10.3. The van der Waals surface area contributed by atoms with Crippen molar-refractivity contribution in [1.29, 1.82) is 0 Å². The molecule has 0 radical (unpaired) electrons. The quantitative estimate of drug-likeness (QED) is 0.383. The van der Waals surface area contributed by atoms with Crippen molar-refractivity contribution in [2.45, 2.75) is 78.3 Å². The third kappa shape index (κ3) is 9.41. The van der Waals surface area contributed by atoms with Crippen LogP contribution in [0.15, 0.2) is 0 Å². The summed E-state index contributed by atoms with van der Waals surface area (Å²) < 4.78 is 2.80. The lowest BCUT2D eigenvalue weighted by Gasteiger charge is -2.25. The van der Waals surface area contributed by atoms with E-state index in [1.165, 1.54) is 64.5 Å². The van der Waals surface area contributed by atoms with Crippen molar-refractivity contribution in [2.24, 2.45) is 0 Å². The van der Waals surface area contributed by atoms with Crippen molar-refractivity contribution in [3.63, 3.8) is 0 Å². The average Bonchev–Trinajstić information content (AvgIpc) is 2.26. The average molecular weight is 244 g/mol. The van der Waals surface area contributed by atoms with Crippen molar-refractivity contribution in [3.8, 4) is 0 Å². The van der Waals surface area contributed by atoms with Crippen LogP contribution in [0, 0.1) is 0 Å². The number of unbranched alkanes of at least 4 members (excludes halogenated alkanes) is 6. The van der Waals surface area contributed by atoms with E-state index < -0.39 is 8.96 Å². The van der Waals surface area contributed by atoms with Crippen LogP contribution in [0.25, 0.3) is 0 Å². The molecule has 0 rings (SSSR count). The second kappa shape index (κ2) is 11.7. The molecule has 0 aromatic carbocycles. The molecule has 0 unspecified atom stereocenters. The first kappa shape index (κ1) is 16.2. The van der Waals surface area contributed by atoms with E-state index in [-0.39, 0.29) is 0 Å². The molecule has 0 aliphatic rings. The molecule has 0 atom stereocenters. The molecule has 0 heterocycles. The SMILES string of the molecule is CCCCCCN(CCCCCC)[SiH](C)C. The zero-order valence-corrected chi connectivity index (χ0v) is 13.3. The van der Waals surface area contributed by atoms with Crippen LogP contribution in [0.4, 0.5) is 0 Å². The third-order valence-corrected chi connectivity index (χ3v) is 5.31. The minimum Gasteiger partial charge on any atom is -0.327 e. The summed E-state index contributed by atoms with van der Waals surface area (Å²) in [4.78, 5) is 0. The lowest BCUT2D eigenvalue weighted by Crippen LogP contribution is -2.36. The molecule has 0 aromatic heterocycles. The van der Waals surface area contributed by atoms with Crippen molar-refractivity contribution >= 4 is 8.96 Å². The zero-order valence-electron chi connectivity index (χ0n) is 12.1. The number of hydrogen-bond donors (Lipinski definition) is 0. The molecule has 0 aromatic rings. The second-order valence-corrected chi connectivity index (χ2v) is 8.17. The molecule has 1 nitrogen and oxygen atoms in total. The normalized spacial score (nSPS) is 11.6. The zero-order chi connectivity index (χ0) is 12.2. The van der Waals surface area contributed by atoms with Crippen LogP contribution in [-0.2, 0) is 0 Å². The predicted molar refractivity (Wildman–Crippen MR) is 78.7 cm³/mol. The fraction of sp³-hybridized carbons (Fsp3) is 1.00. The Morgan fingerprint density at radius 1 is 0.688 bits per heavy atom. The molecule has 0 N–H and O–H groups in total. The molecule has 0 fully saturated rings. The lowest BCUT2D eigenvalue weighted by molar-refractivity contribution is 0.400. The summed E-state index contributed by atoms with van der Waals surface area (Å²) in [6, 6.07) is 0. The number of nitrogens with zero attached hydrogens (tertiary/aromatic N) is 1. The Labute approximate surface area is 105 Å². The minimum atomic E-state index is -0.555. The van der Waals surface area contributed by atoms with Crippen molar-refractivity contribution in [3.05, 3.63) is 0 Å². The van der Waals surface area contributed by atoms with Gasteiger partial charge in [0.25, 0.3) is 0 Å². The Balaban J connectivity index is 3.54. The van der Waals surface area contributed by atoms with Gasteiger partial charge in [0.05, 0.1) is 0 Å². The first-order chi connectivity index (χ1) is 7.72. The maximum absolute atomic E-state index is 2.80. The van der Waals surface area contributed by atoms with Gasteiger partial charge in [0.2, 0.25) is 0 Å². The number of rotatable bonds is 11. The summed E-state index contributed by atoms with van der Waals surface area (Å²) in [6.45, 7) is 12.3. The smallest absolute Gasteiger partial charge is 0.105 e. The van der Waals surface area contributed by atoms with Gasteiger partial charge in [0, 0.05) is 0 Å². The molecular weight excluding hydrogens is 210 g/mol. The Hall–Kier alpha value is 0.177. The summed E-state index contributed by atoms with van der Waals surface area (Å²) in [5, 5.41) is 0. The van der Waals surface area contributed by atoms with Gasteiger partial charge in [-0.2, -0.15) is 0 Å². The highest BCUT2D eigenvalue weighted by molar-refractivity contribution is 6.52. The molecule has 0 saturated heterocycles. The molecule has 0 amide bonds. The Morgan fingerprint density at radius 3 is 1.44 bits per heavy atom. The Kier molecular flexibility index (Phi) is 11.8. The summed E-state index contributed by atoms with van der Waals surface area (Å²) >= 11 is 0. The summed E-state index contributed by atoms with van der Waals surface area (Å²) in [6.07, 6.45) is 11.3. The molecule has 98 valence electrons. The molecule has 0 bridgehead atoms. The van der Waals surface area contributed by atoms with Gasteiger partial charge in [-0.15, -0.1) is 0 Å². The highest BCUT2D eigenvalue weighted by atomic mass is 28.3. The van der Waals surface area contributed by atoms with E-state index in [1.807, 2.05) is 0 Å². The van der Waals surface area contributed by atoms with Gasteiger partial charge in [0.15, 0.2) is 0 Å². The molecule has 16 heavy (non-hydrogen) atoms. The third-order valence-electron chi connectivity index (χ3n) is 3.33. The van der Waals surface area contributed by atoms with Gasteiger partial charge in [0.1, 0.15) is 8.96 Å². The summed E-state index contributed by atoms with van der Waals surface area (Å²) in [7, 11) is -0.555. The Bertz CT molecular complexity index is 125. The van der Waals surface area contributed by atoms with E-state index in [0.29, 0.717) is 0 Å². The van der Waals surface area contributed by atoms with E-state index in [1.54, 1.807) is 0 Å². The largest absolute Gasteiger partial charge is 0.327 e. The van der Waals surface area contributed by atoms with E-state index in [2.05, 4.69) is 31.5 Å². The molecule has 0 aliphatic carbocycles. The topological polar surface area (TPSA) is 3.24 Å². The standard InChI is InChI=1S/C14H33NSi/c1-5-7-9-11-13-15(16(3)4)14-12-10-8-6-2/h16H,5-14H2,1-4H3. The van der Waals surface area contributed by atoms with Crippen LogP contribution in [0.2, 0.25) is 13.1 Å². The molecule has 0 spiro atoms. The van der Waals surface area contributed by atoms with Crippen LogP contribution in [-0.4, -0.2) is 26.6 Å². The minimum absolute atomic E-state index is 0.555. The van der Waals surface area contributed by atoms with Crippen LogP contribution in [0.5, 0.6) is 0 Å². The van der Waals surface area contributed by atoms with Crippen molar-refractivity contribution in [1.82, 2.24) is 4.57 Å². The van der Waals surface area contributed by atoms with E-state index in [0.717, 1.165) is 0 Å². The number of hydrogen-bond acceptors (Lipinski definition) is 1. The van der Waals surface area contributed by atoms with Crippen molar-refractivity contribution in [2.75, 3.05) is 13.1 Å². The maximum atomic E-state index is 2.80. The van der Waals surface area contributed by atoms with Crippen molar-refractivity contribution < 1.29 is 0 Å². The highest BCUT2D eigenvalue weighted by Crippen LogP contribution is 2.06. The fourth-order valence-electron chi connectivity index (χ4n) is 2.11. The summed E-state index contributed by atoms with van der Waals surface area (Å²) in [5.74, 6) is 0. The summed E-state index contributed by atoms with van der Waals surface area (Å²) in [5.41, 5.74) is 0. The predicted octanol–water partition coefficient (Wildman–Crippen LogP) is 4.43. The van der Waals surface area contributed by atoms with Gasteiger partial charge in [-0.1, -0.05) is 65.5 Å². The molecule has 2 heteroatoms. The fourth-order valence-corrected chi connectivity index (χ4v) is 3.51. The maximum Gasteiger partial charge on any atom is 0.105 e. The van der Waals surface area contributed by atoms with Crippen LogP contribution >= 0.6 is 0 Å². The molecule has 0 aliphatic heterocycles. The van der Waals surface area contributed by atoms with Gasteiger partial charge in [-0.3, -0.25) is 0 Å². The van der Waals surface area contributed by atoms with Gasteiger partial charge in [-0.05, 0) is 25.9 Å². The highest BCUT2D eigenvalue weighted by Gasteiger charge is 2.08. The molecule has 0 saturated carbocycles. The van der Waals surface area contributed by atoms with Crippen LogP contribution in [0.3, 0.4) is 0 Å². The van der Waals surface area contributed by atoms with E-state index in [4.69, 9.17) is 0 Å². The first-order valence-electron chi connectivity index (χ1n) is 7.46. The van der Waals surface area contributed by atoms with Crippen LogP contribution < -0.4 is 0 Å². The molecular formula is C14H33NSi. The second-order valence-electron chi connectivity index (χ2n) is 5.25. The van der Waals surface area contributed by atoms with E-state index in [9.17, 15) is 0 Å². The van der Waals surface area contributed by atoms with Gasteiger partial charge in [-0.25, -0.2) is 0 Å². The van der Waals surface area contributed by atoms with Crippen LogP contribution in [0.1, 0.15) is 65.2 Å². The Morgan fingerprint density at radius 2 is 1.12 bits per heavy atom. The van der Waals surface area contributed by atoms with E-state index >= 15 is 0 Å². The van der Waals surface area contributed by atoms with Gasteiger partial charge < -0.3 is 4.57 Å². The lowest BCUT2D eigenvalue weighted by atomic mass is 10.2. The monoisotopic (exact) mass is 243 g/mol. The van der Waals surface area contributed by atoms with Gasteiger partial charge >= 0.3 is 0 Å².